The number of Topliss-reactive ketones (excluding diaryl/α,β-unsaturated/α-hetero) is 1. The van der Waals surface area contributed by atoms with Gasteiger partial charge in [-0.05, 0) is 31.2 Å². The number of hydrogen-bond acceptors (Lipinski definition) is 4. The molecule has 0 spiro atoms. The number of ether oxygens (including phenoxy) is 1. The van der Waals surface area contributed by atoms with Crippen molar-refractivity contribution in [2.24, 2.45) is 7.05 Å². The Labute approximate surface area is 116 Å². The molecule has 1 aromatic heterocycles. The zero-order valence-electron chi connectivity index (χ0n) is 11.0. The lowest BCUT2D eigenvalue weighted by Crippen LogP contribution is -2.03. The first-order valence-electron chi connectivity index (χ1n) is 6.07. The summed E-state index contributed by atoms with van der Waals surface area (Å²) in [5, 5.41) is 0.847. The maximum atomic E-state index is 12.0. The van der Waals surface area contributed by atoms with Gasteiger partial charge in [-0.3, -0.25) is 4.79 Å². The Bertz CT molecular complexity index is 549. The van der Waals surface area contributed by atoms with Gasteiger partial charge in [-0.1, -0.05) is 11.8 Å². The number of hydrogen-bond donors (Lipinski definition) is 0. The van der Waals surface area contributed by atoms with Crippen LogP contribution in [0.5, 0.6) is 5.75 Å². The minimum Gasteiger partial charge on any atom is -0.494 e. The predicted octanol–water partition coefficient (Wildman–Crippen LogP) is 2.79. The maximum Gasteiger partial charge on any atom is 0.173 e. The van der Waals surface area contributed by atoms with Gasteiger partial charge in [-0.25, -0.2) is 4.98 Å². The summed E-state index contributed by atoms with van der Waals surface area (Å²) in [5.74, 6) is 1.27. The molecule has 1 heterocycles. The lowest BCUT2D eigenvalue weighted by Gasteiger charge is -2.04. The van der Waals surface area contributed by atoms with E-state index in [0.717, 1.165) is 10.9 Å². The van der Waals surface area contributed by atoms with E-state index in [1.165, 1.54) is 11.8 Å². The van der Waals surface area contributed by atoms with Gasteiger partial charge in [0.05, 0.1) is 12.4 Å². The lowest BCUT2D eigenvalue weighted by atomic mass is 10.1. The third-order valence-electron chi connectivity index (χ3n) is 2.60. The SMILES string of the molecule is CCOc1ccc(C(=O)CSc2nccn2C)cc1. The second-order valence-corrected chi connectivity index (χ2v) is 4.93. The number of imidazole rings is 1. The third-order valence-corrected chi connectivity index (χ3v) is 3.65. The van der Waals surface area contributed by atoms with Crippen molar-refractivity contribution in [3.63, 3.8) is 0 Å². The number of carbonyl (C=O) groups excluding carboxylic acids is 1. The smallest absolute Gasteiger partial charge is 0.173 e. The minimum absolute atomic E-state index is 0.0936. The van der Waals surface area contributed by atoms with E-state index in [4.69, 9.17) is 4.74 Å². The molecule has 19 heavy (non-hydrogen) atoms. The van der Waals surface area contributed by atoms with Crippen molar-refractivity contribution in [3.05, 3.63) is 42.2 Å². The van der Waals surface area contributed by atoms with Crippen LogP contribution in [0, 0.1) is 0 Å². The number of rotatable bonds is 6. The fraction of sp³-hybridized carbons (Fsp3) is 0.286. The molecule has 0 unspecified atom stereocenters. The van der Waals surface area contributed by atoms with Gasteiger partial charge < -0.3 is 9.30 Å². The van der Waals surface area contributed by atoms with E-state index in [1.54, 1.807) is 18.3 Å². The largest absolute Gasteiger partial charge is 0.494 e. The molecular weight excluding hydrogens is 260 g/mol. The van der Waals surface area contributed by atoms with Gasteiger partial charge in [0.1, 0.15) is 5.75 Å². The van der Waals surface area contributed by atoms with E-state index >= 15 is 0 Å². The molecule has 0 aliphatic carbocycles. The van der Waals surface area contributed by atoms with Crippen molar-refractivity contribution in [2.45, 2.75) is 12.1 Å². The first-order valence-corrected chi connectivity index (χ1v) is 7.05. The van der Waals surface area contributed by atoms with E-state index in [-0.39, 0.29) is 5.78 Å². The van der Waals surface area contributed by atoms with E-state index in [0.29, 0.717) is 17.9 Å². The minimum atomic E-state index is 0.0936. The Morgan fingerprint density at radius 1 is 1.37 bits per heavy atom. The summed E-state index contributed by atoms with van der Waals surface area (Å²) < 4.78 is 7.24. The number of aromatic nitrogens is 2. The molecule has 4 nitrogen and oxygen atoms in total. The highest BCUT2D eigenvalue weighted by molar-refractivity contribution is 7.99. The number of ketones is 1. The Hall–Kier alpha value is -1.75. The van der Waals surface area contributed by atoms with Crippen molar-refractivity contribution in [3.8, 4) is 5.75 Å². The average Bonchev–Trinajstić information content (AvgIpc) is 2.83. The summed E-state index contributed by atoms with van der Waals surface area (Å²) in [6.07, 6.45) is 3.59. The molecule has 5 heteroatoms. The molecule has 0 fully saturated rings. The number of benzene rings is 1. The van der Waals surface area contributed by atoms with Crippen LogP contribution in [0.15, 0.2) is 41.8 Å². The highest BCUT2D eigenvalue weighted by Gasteiger charge is 2.08. The Kier molecular flexibility index (Phi) is 4.63. The molecule has 0 radical (unpaired) electrons. The summed E-state index contributed by atoms with van der Waals surface area (Å²) in [4.78, 5) is 16.2. The quantitative estimate of drug-likeness (QED) is 0.601. The average molecular weight is 276 g/mol. The molecule has 0 saturated carbocycles. The zero-order valence-corrected chi connectivity index (χ0v) is 11.8. The standard InChI is InChI=1S/C14H16N2O2S/c1-3-18-12-6-4-11(5-7-12)13(17)10-19-14-15-8-9-16(14)2/h4-9H,3,10H2,1-2H3. The number of aryl methyl sites for hydroxylation is 1. The molecule has 2 rings (SSSR count). The maximum absolute atomic E-state index is 12.0. The molecule has 0 aliphatic rings. The number of nitrogens with zero attached hydrogens (tertiary/aromatic N) is 2. The van der Waals surface area contributed by atoms with Gasteiger partial charge >= 0.3 is 0 Å². The monoisotopic (exact) mass is 276 g/mol. The van der Waals surface area contributed by atoms with Gasteiger partial charge in [-0.15, -0.1) is 0 Å². The normalized spacial score (nSPS) is 10.4. The molecule has 0 saturated heterocycles. The highest BCUT2D eigenvalue weighted by atomic mass is 32.2. The van der Waals surface area contributed by atoms with Crippen LogP contribution in [0.4, 0.5) is 0 Å². The fourth-order valence-corrected chi connectivity index (χ4v) is 2.43. The Balaban J connectivity index is 1.94. The number of carbonyl (C=O) groups is 1. The topological polar surface area (TPSA) is 44.1 Å². The van der Waals surface area contributed by atoms with E-state index < -0.39 is 0 Å². The second kappa shape index (κ2) is 6.43. The van der Waals surface area contributed by atoms with E-state index in [2.05, 4.69) is 4.98 Å². The summed E-state index contributed by atoms with van der Waals surface area (Å²) >= 11 is 1.44. The Morgan fingerprint density at radius 3 is 2.68 bits per heavy atom. The summed E-state index contributed by atoms with van der Waals surface area (Å²) in [7, 11) is 1.91. The summed E-state index contributed by atoms with van der Waals surface area (Å²) in [6, 6.07) is 7.24. The molecule has 0 N–H and O–H groups in total. The number of thioether (sulfide) groups is 1. The third kappa shape index (κ3) is 3.61. The molecule has 0 bridgehead atoms. The summed E-state index contributed by atoms with van der Waals surface area (Å²) in [6.45, 7) is 2.56. The fourth-order valence-electron chi connectivity index (χ4n) is 1.61. The predicted molar refractivity (Wildman–Crippen MR) is 75.9 cm³/mol. The van der Waals surface area contributed by atoms with Gasteiger partial charge in [-0.2, -0.15) is 0 Å². The molecular formula is C14H16N2O2S. The van der Waals surface area contributed by atoms with Crippen LogP contribution in [0.1, 0.15) is 17.3 Å². The lowest BCUT2D eigenvalue weighted by molar-refractivity contribution is 0.102. The molecule has 0 amide bonds. The molecule has 100 valence electrons. The van der Waals surface area contributed by atoms with Gasteiger partial charge in [0.15, 0.2) is 10.9 Å². The molecule has 0 atom stereocenters. The van der Waals surface area contributed by atoms with Crippen molar-refractivity contribution >= 4 is 17.5 Å². The molecule has 2 aromatic rings. The van der Waals surface area contributed by atoms with Crippen LogP contribution in [0.2, 0.25) is 0 Å². The van der Waals surface area contributed by atoms with E-state index in [1.807, 2.05) is 36.9 Å². The van der Waals surface area contributed by atoms with Gasteiger partial charge in [0.25, 0.3) is 0 Å². The molecule has 0 aliphatic heterocycles. The van der Waals surface area contributed by atoms with Crippen molar-refractivity contribution in [2.75, 3.05) is 12.4 Å². The van der Waals surface area contributed by atoms with Crippen LogP contribution in [0.3, 0.4) is 0 Å². The van der Waals surface area contributed by atoms with Crippen molar-refractivity contribution < 1.29 is 9.53 Å². The van der Waals surface area contributed by atoms with Gasteiger partial charge in [0, 0.05) is 25.0 Å². The highest BCUT2D eigenvalue weighted by Crippen LogP contribution is 2.18. The van der Waals surface area contributed by atoms with Crippen LogP contribution >= 0.6 is 11.8 Å². The van der Waals surface area contributed by atoms with Crippen LogP contribution in [-0.4, -0.2) is 27.7 Å². The molecule has 1 aromatic carbocycles. The van der Waals surface area contributed by atoms with Crippen LogP contribution < -0.4 is 4.74 Å². The first kappa shape index (κ1) is 13.7. The zero-order chi connectivity index (χ0) is 13.7. The second-order valence-electron chi connectivity index (χ2n) is 3.99. The van der Waals surface area contributed by atoms with Gasteiger partial charge in [0.2, 0.25) is 0 Å². The van der Waals surface area contributed by atoms with Crippen LogP contribution in [0.25, 0.3) is 0 Å². The first-order chi connectivity index (χ1) is 9.20. The van der Waals surface area contributed by atoms with Crippen LogP contribution in [-0.2, 0) is 7.05 Å². The van der Waals surface area contributed by atoms with E-state index in [9.17, 15) is 4.79 Å². The Morgan fingerprint density at radius 2 is 2.11 bits per heavy atom. The van der Waals surface area contributed by atoms with Crippen molar-refractivity contribution in [1.82, 2.24) is 9.55 Å². The summed E-state index contributed by atoms with van der Waals surface area (Å²) in [5.41, 5.74) is 0.699. The van der Waals surface area contributed by atoms with Crippen molar-refractivity contribution in [1.29, 1.82) is 0 Å².